The molecule has 2 heterocycles. The molecule has 0 radical (unpaired) electrons. The Morgan fingerprint density at radius 3 is 2.57 bits per heavy atom. The molecule has 0 aliphatic heterocycles. The largest absolute Gasteiger partial charge is 0.383 e. The summed E-state index contributed by atoms with van der Waals surface area (Å²) in [5.41, 5.74) is 11.0. The van der Waals surface area contributed by atoms with Gasteiger partial charge in [-0.05, 0) is 53.9 Å². The molecular formula is C19H22N4. The molecule has 1 unspecified atom stereocenters. The number of nitriles is 1. The van der Waals surface area contributed by atoms with Crippen molar-refractivity contribution in [1.29, 1.82) is 5.26 Å². The number of nitrogens with two attached hydrogens (primary N) is 1. The first-order chi connectivity index (χ1) is 10.9. The van der Waals surface area contributed by atoms with Crippen molar-refractivity contribution in [3.8, 4) is 17.2 Å². The van der Waals surface area contributed by atoms with Crippen molar-refractivity contribution in [2.24, 2.45) is 11.3 Å². The lowest BCUT2D eigenvalue weighted by Gasteiger charge is -2.35. The van der Waals surface area contributed by atoms with Gasteiger partial charge in [0.2, 0.25) is 0 Å². The van der Waals surface area contributed by atoms with E-state index in [-0.39, 0.29) is 5.41 Å². The minimum atomic E-state index is 0.237. The van der Waals surface area contributed by atoms with Gasteiger partial charge in [-0.15, -0.1) is 0 Å². The minimum Gasteiger partial charge on any atom is -0.383 e. The van der Waals surface area contributed by atoms with Crippen LogP contribution in [0.25, 0.3) is 11.1 Å². The smallest absolute Gasteiger partial charge is 0.142 e. The van der Waals surface area contributed by atoms with Crippen molar-refractivity contribution in [3.63, 3.8) is 0 Å². The Labute approximate surface area is 137 Å². The number of pyridine rings is 2. The van der Waals surface area contributed by atoms with Gasteiger partial charge in [0, 0.05) is 23.7 Å². The Hall–Kier alpha value is -2.41. The summed E-state index contributed by atoms with van der Waals surface area (Å²) in [6, 6.07) is 6.14. The summed E-state index contributed by atoms with van der Waals surface area (Å²) in [6.45, 7) is 6.85. The van der Waals surface area contributed by atoms with Crippen molar-refractivity contribution in [3.05, 3.63) is 41.3 Å². The van der Waals surface area contributed by atoms with Crippen LogP contribution in [0, 0.1) is 22.7 Å². The molecule has 1 aliphatic rings. The highest BCUT2D eigenvalue weighted by Crippen LogP contribution is 2.42. The highest BCUT2D eigenvalue weighted by Gasteiger charge is 2.32. The summed E-state index contributed by atoms with van der Waals surface area (Å²) in [6.07, 6.45) is 6.49. The molecule has 0 saturated heterocycles. The van der Waals surface area contributed by atoms with Crippen LogP contribution < -0.4 is 5.73 Å². The average molecular weight is 306 g/mol. The topological polar surface area (TPSA) is 75.6 Å². The number of nitrogens with zero attached hydrogens (tertiary/aromatic N) is 3. The Balaban J connectivity index is 2.22. The molecule has 0 amide bonds. The summed E-state index contributed by atoms with van der Waals surface area (Å²) in [7, 11) is 0. The zero-order valence-corrected chi connectivity index (χ0v) is 13.9. The molecule has 0 aromatic carbocycles. The van der Waals surface area contributed by atoms with Crippen molar-refractivity contribution < 1.29 is 0 Å². The first kappa shape index (κ1) is 15.5. The molecule has 1 atom stereocenters. The van der Waals surface area contributed by atoms with Crippen LogP contribution in [0.1, 0.15) is 44.0 Å². The molecule has 0 fully saturated rings. The maximum Gasteiger partial charge on any atom is 0.142 e. The van der Waals surface area contributed by atoms with Crippen LogP contribution in [0.15, 0.2) is 24.5 Å². The Morgan fingerprint density at radius 1 is 1.26 bits per heavy atom. The Morgan fingerprint density at radius 2 is 1.96 bits per heavy atom. The lowest BCUT2D eigenvalue weighted by Crippen LogP contribution is -2.28. The summed E-state index contributed by atoms with van der Waals surface area (Å²) < 4.78 is 0. The Bertz CT molecular complexity index is 767. The third-order valence-corrected chi connectivity index (χ3v) is 4.90. The molecule has 23 heavy (non-hydrogen) atoms. The second-order valence-corrected chi connectivity index (χ2v) is 7.33. The zero-order valence-electron chi connectivity index (χ0n) is 13.9. The van der Waals surface area contributed by atoms with Crippen molar-refractivity contribution in [2.45, 2.75) is 40.0 Å². The number of hydrogen-bond donors (Lipinski definition) is 1. The zero-order chi connectivity index (χ0) is 16.6. The van der Waals surface area contributed by atoms with Gasteiger partial charge < -0.3 is 5.73 Å². The predicted molar refractivity (Wildman–Crippen MR) is 91.6 cm³/mol. The average Bonchev–Trinajstić information content (AvgIpc) is 2.53. The quantitative estimate of drug-likeness (QED) is 0.870. The highest BCUT2D eigenvalue weighted by molar-refractivity contribution is 5.79. The molecular weight excluding hydrogens is 284 g/mol. The van der Waals surface area contributed by atoms with E-state index >= 15 is 0 Å². The second kappa shape index (κ2) is 5.66. The molecule has 0 spiro atoms. The molecule has 2 aromatic heterocycles. The molecule has 118 valence electrons. The maximum absolute atomic E-state index is 9.60. The lowest BCUT2D eigenvalue weighted by atomic mass is 9.70. The number of fused-ring (bicyclic) bond motifs is 1. The third kappa shape index (κ3) is 2.79. The third-order valence-electron chi connectivity index (χ3n) is 4.90. The molecule has 2 aromatic rings. The standard InChI is InChI=1S/C19H22N4/c1-19(2,3)13-4-5-16-14(10-13)17(12-6-8-22-9-7-12)15(11-20)18(21)23-16/h6-9,13H,4-5,10H2,1-3H3,(H2,21,23). The minimum absolute atomic E-state index is 0.237. The number of aromatic nitrogens is 2. The monoisotopic (exact) mass is 306 g/mol. The normalized spacial score (nSPS) is 17.4. The lowest BCUT2D eigenvalue weighted by molar-refractivity contribution is 0.215. The van der Waals surface area contributed by atoms with Gasteiger partial charge in [0.05, 0.1) is 0 Å². The number of rotatable bonds is 1. The Kier molecular flexibility index (Phi) is 3.81. The molecule has 4 heteroatoms. The summed E-state index contributed by atoms with van der Waals surface area (Å²) in [4.78, 5) is 8.61. The van der Waals surface area contributed by atoms with Crippen LogP contribution in [0.4, 0.5) is 5.82 Å². The molecule has 0 saturated carbocycles. The molecule has 2 N–H and O–H groups in total. The fourth-order valence-electron chi connectivity index (χ4n) is 3.47. The van der Waals surface area contributed by atoms with E-state index in [0.717, 1.165) is 36.1 Å². The van der Waals surface area contributed by atoms with Crippen LogP contribution in [-0.2, 0) is 12.8 Å². The van der Waals surface area contributed by atoms with Crippen molar-refractivity contribution >= 4 is 5.82 Å². The number of hydrogen-bond acceptors (Lipinski definition) is 4. The predicted octanol–water partition coefficient (Wildman–Crippen LogP) is 3.75. The van der Waals surface area contributed by atoms with Crippen molar-refractivity contribution in [2.75, 3.05) is 5.73 Å². The van der Waals surface area contributed by atoms with Gasteiger partial charge in [0.1, 0.15) is 17.5 Å². The van der Waals surface area contributed by atoms with Crippen LogP contribution >= 0.6 is 0 Å². The maximum atomic E-state index is 9.60. The van der Waals surface area contributed by atoms with E-state index in [0.29, 0.717) is 17.3 Å². The van der Waals surface area contributed by atoms with E-state index in [1.807, 2.05) is 12.1 Å². The first-order valence-electron chi connectivity index (χ1n) is 8.03. The van der Waals surface area contributed by atoms with Gasteiger partial charge in [-0.3, -0.25) is 4.98 Å². The second-order valence-electron chi connectivity index (χ2n) is 7.33. The van der Waals surface area contributed by atoms with Crippen molar-refractivity contribution in [1.82, 2.24) is 9.97 Å². The fraction of sp³-hybridized carbons (Fsp3) is 0.421. The molecule has 0 bridgehead atoms. The highest BCUT2D eigenvalue weighted by atomic mass is 14.9. The van der Waals surface area contributed by atoms with Gasteiger partial charge in [-0.1, -0.05) is 20.8 Å². The summed E-state index contributed by atoms with van der Waals surface area (Å²) in [5, 5.41) is 9.60. The number of nitrogen functional groups attached to an aromatic ring is 1. The number of aryl methyl sites for hydroxylation is 1. The molecule has 1 aliphatic carbocycles. The van der Waals surface area contributed by atoms with Crippen LogP contribution in [0.3, 0.4) is 0 Å². The fourth-order valence-corrected chi connectivity index (χ4v) is 3.47. The summed E-state index contributed by atoms with van der Waals surface area (Å²) >= 11 is 0. The molecule has 3 rings (SSSR count). The van der Waals surface area contributed by atoms with E-state index < -0.39 is 0 Å². The SMILES string of the molecule is CC(C)(C)C1CCc2nc(N)c(C#N)c(-c3ccncc3)c2C1. The van der Waals surface area contributed by atoms with E-state index in [1.165, 1.54) is 5.56 Å². The molecule has 4 nitrogen and oxygen atoms in total. The van der Waals surface area contributed by atoms with E-state index in [2.05, 4.69) is 36.8 Å². The van der Waals surface area contributed by atoms with Crippen LogP contribution in [0.2, 0.25) is 0 Å². The van der Waals surface area contributed by atoms with Gasteiger partial charge in [0.25, 0.3) is 0 Å². The van der Waals surface area contributed by atoms with E-state index in [1.54, 1.807) is 12.4 Å². The van der Waals surface area contributed by atoms with Crippen LogP contribution in [0.5, 0.6) is 0 Å². The van der Waals surface area contributed by atoms with Gasteiger partial charge >= 0.3 is 0 Å². The van der Waals surface area contributed by atoms with Crippen LogP contribution in [-0.4, -0.2) is 9.97 Å². The van der Waals surface area contributed by atoms with E-state index in [4.69, 9.17) is 5.73 Å². The summed E-state index contributed by atoms with van der Waals surface area (Å²) in [5.74, 6) is 0.917. The first-order valence-corrected chi connectivity index (χ1v) is 8.03. The van der Waals surface area contributed by atoms with Gasteiger partial charge in [0.15, 0.2) is 0 Å². The van der Waals surface area contributed by atoms with E-state index in [9.17, 15) is 5.26 Å². The number of anilines is 1. The van der Waals surface area contributed by atoms with Gasteiger partial charge in [-0.2, -0.15) is 5.26 Å². The van der Waals surface area contributed by atoms with Gasteiger partial charge in [-0.25, -0.2) is 4.98 Å².